The number of methoxy groups -OCH3 is 1. The zero-order valence-corrected chi connectivity index (χ0v) is 15.2. The van der Waals surface area contributed by atoms with E-state index < -0.39 is 0 Å². The highest BCUT2D eigenvalue weighted by molar-refractivity contribution is 5.80. The van der Waals surface area contributed by atoms with E-state index in [1.807, 2.05) is 53.4 Å². The van der Waals surface area contributed by atoms with E-state index in [1.165, 1.54) is 10.8 Å². The highest BCUT2D eigenvalue weighted by Gasteiger charge is 2.30. The summed E-state index contributed by atoms with van der Waals surface area (Å²) in [4.78, 5) is 31.4. The van der Waals surface area contributed by atoms with Crippen LogP contribution < -0.4 is 10.3 Å². The normalized spacial score (nSPS) is 16.6. The molecule has 1 unspecified atom stereocenters. The van der Waals surface area contributed by atoms with Crippen molar-refractivity contribution in [1.82, 2.24) is 14.5 Å². The number of benzene rings is 2. The summed E-state index contributed by atoms with van der Waals surface area (Å²) in [5, 5.41) is 0. The number of hydrogen-bond acceptors (Lipinski definition) is 4. The Hall–Kier alpha value is -3.15. The summed E-state index contributed by atoms with van der Waals surface area (Å²) in [5.41, 5.74) is 2.18. The Kier molecular flexibility index (Phi) is 4.62. The van der Waals surface area contributed by atoms with Crippen LogP contribution in [0, 0.1) is 0 Å². The van der Waals surface area contributed by atoms with Gasteiger partial charge in [0, 0.05) is 6.54 Å². The van der Waals surface area contributed by atoms with Crippen molar-refractivity contribution >= 4 is 16.9 Å². The number of amides is 1. The quantitative estimate of drug-likeness (QED) is 0.715. The Balaban J connectivity index is 1.63. The molecule has 6 heteroatoms. The van der Waals surface area contributed by atoms with Crippen LogP contribution >= 0.6 is 0 Å². The first kappa shape index (κ1) is 17.3. The van der Waals surface area contributed by atoms with Crippen molar-refractivity contribution in [2.24, 2.45) is 0 Å². The molecule has 138 valence electrons. The highest BCUT2D eigenvalue weighted by atomic mass is 16.5. The van der Waals surface area contributed by atoms with Crippen LogP contribution in [0.4, 0.5) is 0 Å². The summed E-state index contributed by atoms with van der Waals surface area (Å²) < 4.78 is 6.82. The number of ether oxygens (including phenoxy) is 1. The number of para-hydroxylation sites is 2. The lowest BCUT2D eigenvalue weighted by Gasteiger charge is -2.26. The standard InChI is InChI=1S/C21H21N3O3/c1-27-16-7-4-6-15(12-16)18-10-5-11-23(18)21(26)14-24-19-9-3-2-8-17(19)22-13-20(24)25/h2-4,6-9,12-13,18H,5,10-11,14H2,1H3. The van der Waals surface area contributed by atoms with E-state index in [9.17, 15) is 9.59 Å². The number of likely N-dealkylation sites (tertiary alicyclic amines) is 1. The fourth-order valence-corrected chi connectivity index (χ4v) is 3.76. The third-order valence-electron chi connectivity index (χ3n) is 5.10. The first-order valence-electron chi connectivity index (χ1n) is 9.05. The minimum Gasteiger partial charge on any atom is -0.497 e. The van der Waals surface area contributed by atoms with Gasteiger partial charge in [-0.05, 0) is 42.7 Å². The van der Waals surface area contributed by atoms with Gasteiger partial charge in [0.1, 0.15) is 12.3 Å². The van der Waals surface area contributed by atoms with Crippen LogP contribution in [-0.2, 0) is 11.3 Å². The minimum atomic E-state index is -0.265. The van der Waals surface area contributed by atoms with Crippen molar-refractivity contribution in [3.63, 3.8) is 0 Å². The lowest BCUT2D eigenvalue weighted by atomic mass is 10.0. The number of carbonyl (C=O) groups is 1. The second-order valence-electron chi connectivity index (χ2n) is 6.69. The van der Waals surface area contributed by atoms with Crippen molar-refractivity contribution in [1.29, 1.82) is 0 Å². The molecule has 0 spiro atoms. The van der Waals surface area contributed by atoms with E-state index in [0.29, 0.717) is 17.6 Å². The summed E-state index contributed by atoms with van der Waals surface area (Å²) in [6.45, 7) is 0.709. The molecule has 1 amide bonds. The number of hydrogen-bond donors (Lipinski definition) is 0. The van der Waals surface area contributed by atoms with Crippen molar-refractivity contribution in [2.45, 2.75) is 25.4 Å². The molecule has 6 nitrogen and oxygen atoms in total. The first-order chi connectivity index (χ1) is 13.2. The average molecular weight is 363 g/mol. The molecule has 2 heterocycles. The third-order valence-corrected chi connectivity index (χ3v) is 5.10. The molecule has 3 aromatic rings. The molecule has 0 aliphatic carbocycles. The first-order valence-corrected chi connectivity index (χ1v) is 9.05. The monoisotopic (exact) mass is 363 g/mol. The number of nitrogens with zero attached hydrogens (tertiary/aromatic N) is 3. The average Bonchev–Trinajstić information content (AvgIpc) is 3.20. The van der Waals surface area contributed by atoms with E-state index in [1.54, 1.807) is 7.11 Å². The molecular weight excluding hydrogens is 342 g/mol. The Morgan fingerprint density at radius 3 is 2.93 bits per heavy atom. The molecule has 1 aliphatic rings. The molecule has 1 atom stereocenters. The zero-order chi connectivity index (χ0) is 18.8. The van der Waals surface area contributed by atoms with E-state index in [4.69, 9.17) is 4.74 Å². The molecule has 1 aliphatic heterocycles. The topological polar surface area (TPSA) is 64.4 Å². The molecule has 0 radical (unpaired) electrons. The summed E-state index contributed by atoms with van der Waals surface area (Å²) in [5.74, 6) is 0.724. The Morgan fingerprint density at radius 1 is 1.22 bits per heavy atom. The van der Waals surface area contributed by atoms with Crippen LogP contribution in [0.25, 0.3) is 11.0 Å². The number of fused-ring (bicyclic) bond motifs is 1. The number of carbonyl (C=O) groups excluding carboxylic acids is 1. The van der Waals surface area contributed by atoms with Gasteiger partial charge >= 0.3 is 0 Å². The van der Waals surface area contributed by atoms with E-state index in [0.717, 1.165) is 24.2 Å². The van der Waals surface area contributed by atoms with Crippen LogP contribution in [0.1, 0.15) is 24.4 Å². The maximum atomic E-state index is 13.1. The summed E-state index contributed by atoms with van der Waals surface area (Å²) in [6.07, 6.45) is 3.13. The lowest BCUT2D eigenvalue weighted by molar-refractivity contribution is -0.132. The van der Waals surface area contributed by atoms with E-state index in [-0.39, 0.29) is 24.1 Å². The predicted molar refractivity (Wildman–Crippen MR) is 103 cm³/mol. The van der Waals surface area contributed by atoms with Crippen molar-refractivity contribution in [2.75, 3.05) is 13.7 Å². The van der Waals surface area contributed by atoms with Crippen molar-refractivity contribution in [3.8, 4) is 5.75 Å². The van der Waals surface area contributed by atoms with Gasteiger partial charge in [-0.3, -0.25) is 14.2 Å². The lowest BCUT2D eigenvalue weighted by Crippen LogP contribution is -2.36. The van der Waals surface area contributed by atoms with Crippen LogP contribution in [0.15, 0.2) is 59.5 Å². The smallest absolute Gasteiger partial charge is 0.269 e. The molecule has 0 bridgehead atoms. The Labute approximate surface area is 157 Å². The van der Waals surface area contributed by atoms with Gasteiger partial charge in [0.15, 0.2) is 0 Å². The van der Waals surface area contributed by atoms with Crippen molar-refractivity contribution in [3.05, 3.63) is 70.6 Å². The maximum Gasteiger partial charge on any atom is 0.269 e. The number of rotatable bonds is 4. The second-order valence-corrected chi connectivity index (χ2v) is 6.69. The Bertz CT molecular complexity index is 1040. The largest absolute Gasteiger partial charge is 0.497 e. The van der Waals surface area contributed by atoms with E-state index >= 15 is 0 Å². The van der Waals surface area contributed by atoms with E-state index in [2.05, 4.69) is 4.98 Å². The maximum absolute atomic E-state index is 13.1. The van der Waals surface area contributed by atoms with Gasteiger partial charge in [-0.1, -0.05) is 24.3 Å². The summed E-state index contributed by atoms with van der Waals surface area (Å²) in [6, 6.07) is 15.2. The van der Waals surface area contributed by atoms with Crippen molar-refractivity contribution < 1.29 is 9.53 Å². The molecule has 27 heavy (non-hydrogen) atoms. The molecule has 4 rings (SSSR count). The molecule has 1 fully saturated rings. The van der Waals surface area contributed by atoms with Crippen LogP contribution in [0.3, 0.4) is 0 Å². The summed E-state index contributed by atoms with van der Waals surface area (Å²) >= 11 is 0. The fourth-order valence-electron chi connectivity index (χ4n) is 3.76. The molecule has 1 saturated heterocycles. The zero-order valence-electron chi connectivity index (χ0n) is 15.2. The highest BCUT2D eigenvalue weighted by Crippen LogP contribution is 2.33. The van der Waals surface area contributed by atoms with Crippen LogP contribution in [0.5, 0.6) is 5.75 Å². The number of aromatic nitrogens is 2. The van der Waals surface area contributed by atoms with Gasteiger partial charge in [-0.25, -0.2) is 4.98 Å². The Morgan fingerprint density at radius 2 is 2.07 bits per heavy atom. The molecule has 2 aromatic carbocycles. The predicted octanol–water partition coefficient (Wildman–Crippen LogP) is 2.77. The van der Waals surface area contributed by atoms with Gasteiger partial charge in [-0.15, -0.1) is 0 Å². The van der Waals surface area contributed by atoms with Gasteiger partial charge in [0.25, 0.3) is 5.56 Å². The fraction of sp³-hybridized carbons (Fsp3) is 0.286. The van der Waals surface area contributed by atoms with Crippen LogP contribution in [-0.4, -0.2) is 34.0 Å². The molecule has 0 N–H and O–H groups in total. The molecular formula is C21H21N3O3. The van der Waals surface area contributed by atoms with Gasteiger partial charge in [-0.2, -0.15) is 0 Å². The second kappa shape index (κ2) is 7.23. The summed E-state index contributed by atoms with van der Waals surface area (Å²) in [7, 11) is 1.64. The van der Waals surface area contributed by atoms with Gasteiger partial charge < -0.3 is 9.64 Å². The molecule has 1 aromatic heterocycles. The third kappa shape index (κ3) is 3.30. The minimum absolute atomic E-state index is 0.0106. The van der Waals surface area contributed by atoms with Crippen LogP contribution in [0.2, 0.25) is 0 Å². The van der Waals surface area contributed by atoms with Gasteiger partial charge in [0.05, 0.1) is 30.4 Å². The van der Waals surface area contributed by atoms with Gasteiger partial charge in [0.2, 0.25) is 5.91 Å². The molecule has 0 saturated carbocycles. The SMILES string of the molecule is COc1cccc(C2CCCN2C(=O)Cn2c(=O)cnc3ccccc32)c1.